The van der Waals surface area contributed by atoms with Crippen LogP contribution in [0.15, 0.2) is 51.5 Å². The largest absolute Gasteiger partial charge is 0.392 e. The van der Waals surface area contributed by atoms with E-state index in [9.17, 15) is 5.11 Å². The molecule has 3 aliphatic rings. The first-order valence-corrected chi connectivity index (χ1v) is 13.9. The van der Waals surface area contributed by atoms with Crippen molar-refractivity contribution < 1.29 is 14.4 Å². The number of aliphatic hydroxyl groups is 1. The minimum atomic E-state index is -0.375. The highest BCUT2D eigenvalue weighted by molar-refractivity contribution is 9.10. The lowest BCUT2D eigenvalue weighted by Crippen LogP contribution is -2.32. The number of ether oxygens (including phenoxy) is 1. The van der Waals surface area contributed by atoms with Crippen molar-refractivity contribution >= 4 is 39.1 Å². The van der Waals surface area contributed by atoms with E-state index in [2.05, 4.69) is 33.2 Å². The van der Waals surface area contributed by atoms with E-state index in [-0.39, 0.29) is 17.1 Å². The summed E-state index contributed by atoms with van der Waals surface area (Å²) in [5.74, 6) is 1.30. The van der Waals surface area contributed by atoms with Crippen LogP contribution < -0.4 is 0 Å². The minimum absolute atomic E-state index is 0.0782. The average molecular weight is 577 g/mol. The van der Waals surface area contributed by atoms with Crippen LogP contribution in [0.25, 0.3) is 11.3 Å². The fourth-order valence-corrected chi connectivity index (χ4v) is 7.25. The van der Waals surface area contributed by atoms with Gasteiger partial charge in [0, 0.05) is 21.5 Å². The van der Waals surface area contributed by atoms with Gasteiger partial charge in [-0.05, 0) is 86.6 Å². The topological polar surface area (TPSA) is 55.5 Å². The predicted octanol–water partition coefficient (Wildman–Crippen LogP) is 8.11. The summed E-state index contributed by atoms with van der Waals surface area (Å²) in [6.07, 6.45) is 7.31. The van der Waals surface area contributed by atoms with Crippen LogP contribution in [-0.4, -0.2) is 22.0 Å². The summed E-state index contributed by atoms with van der Waals surface area (Å²) >= 11 is 16.6. The van der Waals surface area contributed by atoms with Crippen molar-refractivity contribution in [1.82, 2.24) is 5.16 Å². The van der Waals surface area contributed by atoms with Crippen LogP contribution in [0, 0.1) is 5.41 Å². The standard InChI is InChI=1S/C28H28BrCl2NO3/c29-19-4-1-3-17(13-19)14-23(33)27-9-11-28(16-27,12-10-27)34-15-20-25(32-35-26(20)18-7-8-18)24-21(30)5-2-6-22(24)31/h1-6,13,18,23,33H,7-12,14-16H2. The first kappa shape index (κ1) is 24.0. The zero-order valence-electron chi connectivity index (χ0n) is 19.4. The molecule has 184 valence electrons. The second-order valence-electron chi connectivity index (χ2n) is 10.6. The van der Waals surface area contributed by atoms with E-state index < -0.39 is 0 Å². The van der Waals surface area contributed by atoms with E-state index >= 15 is 0 Å². The molecule has 3 aliphatic carbocycles. The van der Waals surface area contributed by atoms with Gasteiger partial charge in [0.15, 0.2) is 0 Å². The summed E-state index contributed by atoms with van der Waals surface area (Å²) in [6, 6.07) is 13.7. The van der Waals surface area contributed by atoms with Crippen LogP contribution >= 0.6 is 39.1 Å². The molecule has 0 saturated heterocycles. The molecular formula is C28H28BrCl2NO3. The van der Waals surface area contributed by atoms with E-state index in [1.807, 2.05) is 30.3 Å². The van der Waals surface area contributed by atoms with Crippen molar-refractivity contribution in [1.29, 1.82) is 0 Å². The third-order valence-corrected chi connectivity index (χ3v) is 9.47. The van der Waals surface area contributed by atoms with Crippen LogP contribution in [0.4, 0.5) is 0 Å². The van der Waals surface area contributed by atoms with Gasteiger partial charge in [0.05, 0.1) is 28.4 Å². The normalized spacial score (nSPS) is 26.4. The van der Waals surface area contributed by atoms with Crippen LogP contribution in [0.3, 0.4) is 0 Å². The predicted molar refractivity (Wildman–Crippen MR) is 141 cm³/mol. The second kappa shape index (κ2) is 9.18. The van der Waals surface area contributed by atoms with Crippen molar-refractivity contribution in [3.63, 3.8) is 0 Å². The number of aliphatic hydroxyl groups excluding tert-OH is 1. The van der Waals surface area contributed by atoms with Crippen molar-refractivity contribution in [2.24, 2.45) is 5.41 Å². The maximum Gasteiger partial charge on any atom is 0.145 e. The van der Waals surface area contributed by atoms with E-state index in [4.69, 9.17) is 32.5 Å². The van der Waals surface area contributed by atoms with Gasteiger partial charge in [0.2, 0.25) is 0 Å². The zero-order valence-corrected chi connectivity index (χ0v) is 22.5. The number of benzene rings is 2. The maximum absolute atomic E-state index is 11.3. The summed E-state index contributed by atoms with van der Waals surface area (Å²) in [5.41, 5.74) is 3.24. The van der Waals surface area contributed by atoms with Gasteiger partial charge in [-0.2, -0.15) is 0 Å². The molecule has 1 N–H and O–H groups in total. The van der Waals surface area contributed by atoms with Crippen LogP contribution in [-0.2, 0) is 17.8 Å². The molecule has 1 aromatic heterocycles. The molecular weight excluding hydrogens is 549 g/mol. The molecule has 2 aromatic carbocycles. The Labute approximate surface area is 224 Å². The van der Waals surface area contributed by atoms with Gasteiger partial charge in [-0.25, -0.2) is 0 Å². The summed E-state index contributed by atoms with van der Waals surface area (Å²) in [4.78, 5) is 0. The first-order valence-electron chi connectivity index (χ1n) is 12.4. The Bertz CT molecular complexity index is 1230. The van der Waals surface area contributed by atoms with Gasteiger partial charge in [-0.3, -0.25) is 0 Å². The lowest BCUT2D eigenvalue weighted by molar-refractivity contribution is -0.0492. The van der Waals surface area contributed by atoms with E-state index in [0.29, 0.717) is 40.2 Å². The molecule has 1 heterocycles. The van der Waals surface area contributed by atoms with Gasteiger partial charge in [0.25, 0.3) is 0 Å². The van der Waals surface area contributed by atoms with Crippen LogP contribution in [0.2, 0.25) is 10.0 Å². The molecule has 0 radical (unpaired) electrons. The molecule has 3 saturated carbocycles. The smallest absolute Gasteiger partial charge is 0.145 e. The van der Waals surface area contributed by atoms with Crippen molar-refractivity contribution in [2.45, 2.75) is 75.6 Å². The number of hydrogen-bond acceptors (Lipinski definition) is 4. The van der Waals surface area contributed by atoms with Gasteiger partial charge >= 0.3 is 0 Å². The van der Waals surface area contributed by atoms with Gasteiger partial charge in [0.1, 0.15) is 11.5 Å². The molecule has 0 aliphatic heterocycles. The third kappa shape index (κ3) is 4.48. The highest BCUT2D eigenvalue weighted by atomic mass is 79.9. The van der Waals surface area contributed by atoms with Gasteiger partial charge < -0.3 is 14.4 Å². The number of fused-ring (bicyclic) bond motifs is 2. The summed E-state index contributed by atoms with van der Waals surface area (Å²) in [6.45, 7) is 0.421. The molecule has 6 rings (SSSR count). The monoisotopic (exact) mass is 575 g/mol. The van der Waals surface area contributed by atoms with E-state index in [1.165, 1.54) is 0 Å². The van der Waals surface area contributed by atoms with Crippen molar-refractivity contribution in [2.75, 3.05) is 0 Å². The number of halogens is 3. The van der Waals surface area contributed by atoms with Crippen LogP contribution in [0.1, 0.15) is 67.8 Å². The molecule has 35 heavy (non-hydrogen) atoms. The number of aromatic nitrogens is 1. The lowest BCUT2D eigenvalue weighted by Gasteiger charge is -2.32. The highest BCUT2D eigenvalue weighted by Gasteiger charge is 2.58. The molecule has 7 heteroatoms. The van der Waals surface area contributed by atoms with E-state index in [1.54, 1.807) is 0 Å². The number of nitrogens with zero attached hydrogens (tertiary/aromatic N) is 1. The molecule has 3 fully saturated rings. The summed E-state index contributed by atoms with van der Waals surface area (Å²) in [7, 11) is 0. The quantitative estimate of drug-likeness (QED) is 0.294. The SMILES string of the molecule is OC(Cc1cccc(Br)c1)C12CCC(OCc3c(-c4c(Cl)cccc4Cl)noc3C3CC3)(CC1)C2. The van der Waals surface area contributed by atoms with Gasteiger partial charge in [-0.1, -0.05) is 62.5 Å². The molecule has 1 atom stereocenters. The molecule has 0 amide bonds. The fourth-order valence-electron chi connectivity index (χ4n) is 6.22. The Kier molecular flexibility index (Phi) is 6.29. The Morgan fingerprint density at radius 1 is 1.09 bits per heavy atom. The average Bonchev–Trinajstić information content (AvgIpc) is 3.33. The molecule has 4 nitrogen and oxygen atoms in total. The zero-order chi connectivity index (χ0) is 24.2. The Hall–Kier alpha value is -1.37. The number of rotatable bonds is 8. The van der Waals surface area contributed by atoms with E-state index in [0.717, 1.165) is 66.3 Å². The molecule has 0 spiro atoms. The third-order valence-electron chi connectivity index (χ3n) is 8.35. The molecule has 1 unspecified atom stereocenters. The van der Waals surface area contributed by atoms with Crippen molar-refractivity contribution in [3.8, 4) is 11.3 Å². The Morgan fingerprint density at radius 3 is 2.49 bits per heavy atom. The second-order valence-corrected chi connectivity index (χ2v) is 12.3. The summed E-state index contributed by atoms with van der Waals surface area (Å²) < 4.78 is 13.6. The lowest BCUT2D eigenvalue weighted by atomic mass is 9.77. The molecule has 3 aromatic rings. The Balaban J connectivity index is 1.21. The first-order chi connectivity index (χ1) is 16.9. The number of hydrogen-bond donors (Lipinski definition) is 1. The fraction of sp³-hybridized carbons (Fsp3) is 0.464. The minimum Gasteiger partial charge on any atom is -0.392 e. The van der Waals surface area contributed by atoms with Crippen molar-refractivity contribution in [3.05, 3.63) is 73.9 Å². The molecule has 2 bridgehead atoms. The maximum atomic E-state index is 11.3. The highest BCUT2D eigenvalue weighted by Crippen LogP contribution is 2.60. The summed E-state index contributed by atoms with van der Waals surface area (Å²) in [5, 5.41) is 16.8. The Morgan fingerprint density at radius 2 is 1.80 bits per heavy atom. The van der Waals surface area contributed by atoms with Crippen LogP contribution in [0.5, 0.6) is 0 Å². The van der Waals surface area contributed by atoms with Gasteiger partial charge in [-0.15, -0.1) is 0 Å².